The Hall–Kier alpha value is -3.46. The van der Waals surface area contributed by atoms with Crippen molar-refractivity contribution in [3.05, 3.63) is 90.5 Å². The largest absolute Gasteiger partial charge is 0.396 e. The first-order chi connectivity index (χ1) is 22.1. The minimum Gasteiger partial charge on any atom is -0.396 e. The third-order valence-corrected chi connectivity index (χ3v) is 10.5. The molecular formula is C37H46ClN3O5. The fourth-order valence-electron chi connectivity index (χ4n) is 8.03. The number of likely N-dealkylation sites (tertiary alicyclic amines) is 1. The monoisotopic (exact) mass is 647 g/mol. The molecule has 0 radical (unpaired) electrons. The summed E-state index contributed by atoms with van der Waals surface area (Å²) in [5.41, 5.74) is -0.609. The van der Waals surface area contributed by atoms with E-state index in [9.17, 15) is 19.5 Å². The van der Waals surface area contributed by atoms with Crippen molar-refractivity contribution in [1.29, 1.82) is 0 Å². The number of rotatable bonds is 15. The maximum atomic E-state index is 14.9. The third kappa shape index (κ3) is 5.91. The number of halogens is 1. The van der Waals surface area contributed by atoms with Crippen molar-refractivity contribution in [3.63, 3.8) is 0 Å². The van der Waals surface area contributed by atoms with Gasteiger partial charge in [0.1, 0.15) is 11.6 Å². The van der Waals surface area contributed by atoms with Gasteiger partial charge in [0, 0.05) is 32.8 Å². The van der Waals surface area contributed by atoms with E-state index >= 15 is 0 Å². The van der Waals surface area contributed by atoms with Gasteiger partial charge in [-0.25, -0.2) is 0 Å². The number of amides is 3. The summed E-state index contributed by atoms with van der Waals surface area (Å²) < 4.78 is 6.99. The van der Waals surface area contributed by atoms with E-state index < -0.39 is 29.1 Å². The summed E-state index contributed by atoms with van der Waals surface area (Å²) in [6, 6.07) is 16.0. The molecule has 6 atom stereocenters. The van der Waals surface area contributed by atoms with Gasteiger partial charge in [0.2, 0.25) is 11.8 Å². The number of nitrogens with zero attached hydrogens (tertiary/aromatic N) is 3. The maximum absolute atomic E-state index is 14.9. The zero-order chi connectivity index (χ0) is 33.1. The molecule has 1 spiro atoms. The van der Waals surface area contributed by atoms with Gasteiger partial charge in [-0.15, -0.1) is 13.2 Å². The van der Waals surface area contributed by atoms with Crippen LogP contribution in [0.3, 0.4) is 0 Å². The molecule has 2 aromatic carbocycles. The molecule has 246 valence electrons. The lowest BCUT2D eigenvalue weighted by Crippen LogP contribution is -2.57. The third-order valence-electron chi connectivity index (χ3n) is 10.2. The second-order valence-corrected chi connectivity index (χ2v) is 13.5. The van der Waals surface area contributed by atoms with Crippen LogP contribution in [-0.4, -0.2) is 76.1 Å². The van der Waals surface area contributed by atoms with Crippen molar-refractivity contribution < 1.29 is 24.2 Å². The molecule has 3 heterocycles. The Kier molecular flexibility index (Phi) is 10.4. The van der Waals surface area contributed by atoms with Crippen LogP contribution in [0.5, 0.6) is 0 Å². The lowest BCUT2D eigenvalue weighted by Gasteiger charge is -2.39. The normalized spacial score (nSPS) is 27.8. The van der Waals surface area contributed by atoms with E-state index in [-0.39, 0.29) is 36.8 Å². The molecule has 9 heteroatoms. The molecular weight excluding hydrogens is 602 g/mol. The molecule has 0 saturated carbocycles. The van der Waals surface area contributed by atoms with Gasteiger partial charge in [0.15, 0.2) is 0 Å². The number of hydrogen-bond acceptors (Lipinski definition) is 5. The van der Waals surface area contributed by atoms with Crippen LogP contribution in [0.25, 0.3) is 0 Å². The van der Waals surface area contributed by atoms with Gasteiger partial charge in [-0.3, -0.25) is 14.4 Å². The van der Waals surface area contributed by atoms with Crippen LogP contribution in [0, 0.1) is 17.8 Å². The van der Waals surface area contributed by atoms with Crippen molar-refractivity contribution in [2.24, 2.45) is 17.8 Å². The maximum Gasteiger partial charge on any atom is 0.253 e. The summed E-state index contributed by atoms with van der Waals surface area (Å²) in [6.07, 6.45) is 6.78. The van der Waals surface area contributed by atoms with Crippen molar-refractivity contribution in [1.82, 2.24) is 9.80 Å². The fourth-order valence-corrected chi connectivity index (χ4v) is 8.26. The Morgan fingerprint density at radius 3 is 2.37 bits per heavy atom. The average molecular weight is 648 g/mol. The van der Waals surface area contributed by atoms with E-state index in [0.717, 1.165) is 18.4 Å². The van der Waals surface area contributed by atoms with Crippen molar-refractivity contribution in [2.75, 3.05) is 31.1 Å². The molecule has 3 fully saturated rings. The van der Waals surface area contributed by atoms with Crippen molar-refractivity contribution >= 4 is 35.0 Å². The molecule has 3 aliphatic rings. The zero-order valence-electron chi connectivity index (χ0n) is 26.9. The number of unbranched alkanes of at least 4 members (excludes halogenated alkanes) is 3. The van der Waals surface area contributed by atoms with Gasteiger partial charge in [-0.1, -0.05) is 86.0 Å². The first kappa shape index (κ1) is 33.9. The number of carbonyl (C=O) groups is 3. The van der Waals surface area contributed by atoms with Gasteiger partial charge in [0.05, 0.1) is 28.1 Å². The summed E-state index contributed by atoms with van der Waals surface area (Å²) >= 11 is 6.61. The SMILES string of the molecule is C=CCN(Cc1ccccc1)C(=O)[C@H]1[C@H]2C(=O)N(CCCCCCO)C(C(=O)N(CC=C)c3ccccc3Cl)C23CC(C)[C@]1(C)O3. The number of fused-ring (bicyclic) bond motifs is 1. The van der Waals surface area contributed by atoms with Gasteiger partial charge in [0.25, 0.3) is 5.91 Å². The summed E-state index contributed by atoms with van der Waals surface area (Å²) in [6.45, 7) is 13.1. The van der Waals surface area contributed by atoms with Crippen LogP contribution in [0.4, 0.5) is 5.69 Å². The quantitative estimate of drug-likeness (QED) is 0.200. The Balaban J connectivity index is 1.56. The van der Waals surface area contributed by atoms with Crippen molar-refractivity contribution in [3.8, 4) is 0 Å². The van der Waals surface area contributed by atoms with Crippen LogP contribution in [0.2, 0.25) is 5.02 Å². The molecule has 2 aromatic rings. The van der Waals surface area contributed by atoms with E-state index in [1.54, 1.807) is 45.1 Å². The molecule has 0 aromatic heterocycles. The molecule has 2 bridgehead atoms. The predicted molar refractivity (Wildman–Crippen MR) is 180 cm³/mol. The Bertz CT molecular complexity index is 1450. The second-order valence-electron chi connectivity index (χ2n) is 13.1. The van der Waals surface area contributed by atoms with Crippen LogP contribution in [-0.2, 0) is 25.7 Å². The van der Waals surface area contributed by atoms with Crippen LogP contribution < -0.4 is 4.90 Å². The molecule has 1 N–H and O–H groups in total. The van der Waals surface area contributed by atoms with E-state index in [1.165, 1.54) is 0 Å². The molecule has 3 unspecified atom stereocenters. The fraction of sp³-hybridized carbons (Fsp3) is 0.486. The molecule has 46 heavy (non-hydrogen) atoms. The number of carbonyl (C=O) groups excluding carboxylic acids is 3. The van der Waals surface area contributed by atoms with Crippen molar-refractivity contribution in [2.45, 2.75) is 69.7 Å². The number of benzene rings is 2. The van der Waals surface area contributed by atoms with E-state index in [4.69, 9.17) is 16.3 Å². The molecule has 3 saturated heterocycles. The second kappa shape index (κ2) is 14.1. The number of ether oxygens (including phenoxy) is 1. The topological polar surface area (TPSA) is 90.4 Å². The van der Waals surface area contributed by atoms with Crippen LogP contribution in [0.1, 0.15) is 51.5 Å². The van der Waals surface area contributed by atoms with Gasteiger partial charge >= 0.3 is 0 Å². The van der Waals surface area contributed by atoms with Gasteiger partial charge in [-0.05, 0) is 49.8 Å². The zero-order valence-corrected chi connectivity index (χ0v) is 27.7. The molecule has 5 rings (SSSR count). The highest BCUT2D eigenvalue weighted by molar-refractivity contribution is 6.34. The smallest absolute Gasteiger partial charge is 0.253 e. The molecule has 0 aliphatic carbocycles. The van der Waals surface area contributed by atoms with Crippen LogP contribution >= 0.6 is 11.6 Å². The minimum absolute atomic E-state index is 0.0826. The first-order valence-corrected chi connectivity index (χ1v) is 16.7. The molecule has 3 amide bonds. The lowest BCUT2D eigenvalue weighted by molar-refractivity contribution is -0.151. The number of para-hydroxylation sites is 1. The summed E-state index contributed by atoms with van der Waals surface area (Å²) in [5.74, 6) is -2.34. The summed E-state index contributed by atoms with van der Waals surface area (Å²) in [4.78, 5) is 49.2. The minimum atomic E-state index is -1.18. The number of aliphatic hydroxyl groups excluding tert-OH is 1. The predicted octanol–water partition coefficient (Wildman–Crippen LogP) is 5.64. The number of aliphatic hydroxyl groups is 1. The highest BCUT2D eigenvalue weighted by Gasteiger charge is 2.80. The molecule has 3 aliphatic heterocycles. The Morgan fingerprint density at radius 2 is 1.70 bits per heavy atom. The van der Waals surface area contributed by atoms with E-state index in [0.29, 0.717) is 49.6 Å². The first-order valence-electron chi connectivity index (χ1n) is 16.4. The number of anilines is 1. The van der Waals surface area contributed by atoms with E-state index in [2.05, 4.69) is 20.1 Å². The summed E-state index contributed by atoms with van der Waals surface area (Å²) in [7, 11) is 0. The highest BCUT2D eigenvalue weighted by Crippen LogP contribution is 2.65. The van der Waals surface area contributed by atoms with E-state index in [1.807, 2.05) is 43.3 Å². The average Bonchev–Trinajstić information content (AvgIpc) is 3.56. The highest BCUT2D eigenvalue weighted by atomic mass is 35.5. The van der Waals surface area contributed by atoms with Gasteiger partial charge < -0.3 is 24.5 Å². The lowest BCUT2D eigenvalue weighted by atomic mass is 9.62. The summed E-state index contributed by atoms with van der Waals surface area (Å²) in [5, 5.41) is 9.68. The van der Waals surface area contributed by atoms with Gasteiger partial charge in [-0.2, -0.15) is 0 Å². The Labute approximate surface area is 277 Å². The Morgan fingerprint density at radius 1 is 1.02 bits per heavy atom. The standard InChI is InChI=1S/C37H46ClN3O5/c1-5-20-39(25-27-16-10-9-11-17-27)33(43)30-31-34(44)41(22-14-7-8-15-23-42)32(37(31)24-26(3)36(30,4)46-37)35(45)40(21-6-2)29-19-13-12-18-28(29)38/h5-6,9-13,16-19,26,30-32,42H,1-2,7-8,14-15,20-25H2,3-4H3/t26?,30-,31+,32?,36+,37?/m1/s1. The molecule has 8 nitrogen and oxygen atoms in total. The number of hydrogen-bond donors (Lipinski definition) is 1. The van der Waals surface area contributed by atoms with Crippen LogP contribution in [0.15, 0.2) is 79.9 Å².